The quantitative estimate of drug-likeness (QED) is 0.302. The van der Waals surface area contributed by atoms with Crippen LogP contribution < -0.4 is 16.2 Å². The van der Waals surface area contributed by atoms with Crippen molar-refractivity contribution < 1.29 is 19.0 Å². The van der Waals surface area contributed by atoms with Crippen molar-refractivity contribution in [3.05, 3.63) is 53.1 Å². The maximum Gasteiger partial charge on any atom is 0.224 e. The molecule has 2 aromatic rings. The molecule has 1 aromatic carbocycles. The fraction of sp³-hybridized carbons (Fsp3) is 0.571. The van der Waals surface area contributed by atoms with Crippen molar-refractivity contribution in [2.45, 2.75) is 56.8 Å². The number of hydrogen-bond acceptors (Lipinski definition) is 7. The molecule has 5 N–H and O–H groups in total. The van der Waals surface area contributed by atoms with Crippen molar-refractivity contribution in [2.24, 2.45) is 5.92 Å². The van der Waals surface area contributed by atoms with Crippen LogP contribution in [0.1, 0.15) is 60.8 Å². The van der Waals surface area contributed by atoms with Gasteiger partial charge in [-0.2, -0.15) is 0 Å². The second-order valence-corrected chi connectivity index (χ2v) is 10.5. The molecule has 3 aliphatic rings. The highest BCUT2D eigenvalue weighted by Gasteiger charge is 2.48. The van der Waals surface area contributed by atoms with Gasteiger partial charge in [-0.25, -0.2) is 14.8 Å². The minimum Gasteiger partial charge on any atom is -0.508 e. The lowest BCUT2D eigenvalue weighted by atomic mass is 9.71. The van der Waals surface area contributed by atoms with Gasteiger partial charge in [-0.1, -0.05) is 19.1 Å². The Morgan fingerprint density at radius 1 is 1.29 bits per heavy atom. The molecule has 206 valence electrons. The van der Waals surface area contributed by atoms with Crippen molar-refractivity contribution in [1.29, 1.82) is 0 Å². The molecule has 0 spiro atoms. The van der Waals surface area contributed by atoms with Gasteiger partial charge in [0.05, 0.1) is 30.6 Å². The first-order chi connectivity index (χ1) is 18.5. The summed E-state index contributed by atoms with van der Waals surface area (Å²) in [5.74, 6) is 1.01. The van der Waals surface area contributed by atoms with Gasteiger partial charge in [0, 0.05) is 51.5 Å². The average molecular weight is 527 g/mol. The minimum absolute atomic E-state index is 0.0729. The smallest absolute Gasteiger partial charge is 0.224 e. The van der Waals surface area contributed by atoms with Crippen LogP contribution in [0.5, 0.6) is 5.75 Å². The van der Waals surface area contributed by atoms with E-state index >= 15 is 4.39 Å². The average Bonchev–Trinajstić information content (AvgIpc) is 3.68. The molecule has 2 aliphatic heterocycles. The van der Waals surface area contributed by atoms with E-state index in [-0.39, 0.29) is 35.6 Å². The van der Waals surface area contributed by atoms with E-state index in [1.165, 1.54) is 0 Å². The number of aryl methyl sites for hydroxylation is 1. The topological polar surface area (TPSA) is 115 Å². The molecular formula is C28H39FN6O3. The number of rotatable bonds is 10. The molecule has 1 saturated heterocycles. The van der Waals surface area contributed by atoms with Gasteiger partial charge in [0.2, 0.25) is 5.91 Å². The van der Waals surface area contributed by atoms with Crippen LogP contribution in [0.15, 0.2) is 30.5 Å². The standard InChI is InChI=1S/C28H39FN6O3/c1-3-17-14-19(36)4-5-20(17)21-6-7-22-26(25(21)29)33-34-27(22)28-31-15-23(32-28)18-9-12-35(16-18)24(37)8-10-30-11-13-38-2/h4-5,9,14-15,21-22,25-27,30,33-34,36H,3,6-8,10-13,16H2,1-2H3,(H,31,32). The van der Waals surface area contributed by atoms with Crippen LogP contribution in [0.3, 0.4) is 0 Å². The molecule has 10 heteroatoms. The maximum atomic E-state index is 15.9. The molecule has 38 heavy (non-hydrogen) atoms. The molecule has 1 saturated carbocycles. The Bertz CT molecular complexity index is 1150. The Morgan fingerprint density at radius 3 is 2.97 bits per heavy atom. The molecule has 9 nitrogen and oxygen atoms in total. The molecule has 2 fully saturated rings. The molecule has 1 aliphatic carbocycles. The van der Waals surface area contributed by atoms with Crippen molar-refractivity contribution in [3.63, 3.8) is 0 Å². The highest BCUT2D eigenvalue weighted by Crippen LogP contribution is 2.45. The molecule has 0 radical (unpaired) electrons. The number of imidazole rings is 1. The Labute approximate surface area is 223 Å². The van der Waals surface area contributed by atoms with Crippen LogP contribution in [0, 0.1) is 5.92 Å². The normalized spacial score (nSPS) is 27.0. The summed E-state index contributed by atoms with van der Waals surface area (Å²) < 4.78 is 20.9. The van der Waals surface area contributed by atoms with E-state index in [4.69, 9.17) is 4.74 Å². The predicted molar refractivity (Wildman–Crippen MR) is 143 cm³/mol. The zero-order valence-electron chi connectivity index (χ0n) is 22.2. The Kier molecular flexibility index (Phi) is 8.42. The van der Waals surface area contributed by atoms with Crippen molar-refractivity contribution >= 4 is 11.5 Å². The van der Waals surface area contributed by atoms with Crippen LogP contribution in [-0.4, -0.2) is 78.0 Å². The maximum absolute atomic E-state index is 15.9. The summed E-state index contributed by atoms with van der Waals surface area (Å²) in [5, 5.41) is 13.1. The summed E-state index contributed by atoms with van der Waals surface area (Å²) in [4.78, 5) is 22.5. The van der Waals surface area contributed by atoms with Gasteiger partial charge < -0.3 is 25.0 Å². The van der Waals surface area contributed by atoms with E-state index in [2.05, 4.69) is 32.2 Å². The number of phenols is 1. The van der Waals surface area contributed by atoms with Gasteiger partial charge in [-0.3, -0.25) is 10.2 Å². The van der Waals surface area contributed by atoms with Crippen LogP contribution in [0.25, 0.3) is 5.57 Å². The Morgan fingerprint density at radius 2 is 2.16 bits per heavy atom. The molecule has 0 bridgehead atoms. The molecule has 3 heterocycles. The predicted octanol–water partition coefficient (Wildman–Crippen LogP) is 2.58. The molecule has 5 rings (SSSR count). The lowest BCUT2D eigenvalue weighted by Gasteiger charge is -2.36. The summed E-state index contributed by atoms with van der Waals surface area (Å²) >= 11 is 0. The zero-order chi connectivity index (χ0) is 26.6. The lowest BCUT2D eigenvalue weighted by molar-refractivity contribution is -0.129. The van der Waals surface area contributed by atoms with Crippen molar-refractivity contribution in [3.8, 4) is 5.75 Å². The number of H-pyrrole nitrogens is 1. The summed E-state index contributed by atoms with van der Waals surface area (Å²) in [6.07, 6.45) is 5.67. The van der Waals surface area contributed by atoms with E-state index in [1.807, 2.05) is 24.1 Å². The number of carbonyl (C=O) groups is 1. The van der Waals surface area contributed by atoms with E-state index in [9.17, 15) is 9.90 Å². The van der Waals surface area contributed by atoms with Crippen molar-refractivity contribution in [2.75, 3.05) is 39.9 Å². The highest BCUT2D eigenvalue weighted by atomic mass is 19.1. The van der Waals surface area contributed by atoms with Crippen LogP contribution in [0.4, 0.5) is 4.39 Å². The Hall–Kier alpha value is -2.79. The number of nitrogens with one attached hydrogen (secondary N) is 4. The van der Waals surface area contributed by atoms with Gasteiger partial charge >= 0.3 is 0 Å². The number of alkyl halides is 1. The monoisotopic (exact) mass is 526 g/mol. The third-order valence-corrected chi connectivity index (χ3v) is 8.25. The van der Waals surface area contributed by atoms with Gasteiger partial charge in [0.25, 0.3) is 0 Å². The van der Waals surface area contributed by atoms with Gasteiger partial charge in [0.15, 0.2) is 0 Å². The Balaban J connectivity index is 1.18. The summed E-state index contributed by atoms with van der Waals surface area (Å²) in [5.41, 5.74) is 10.5. The number of aromatic nitrogens is 2. The number of nitrogens with zero attached hydrogens (tertiary/aromatic N) is 2. The fourth-order valence-corrected chi connectivity index (χ4v) is 6.16. The van der Waals surface area contributed by atoms with E-state index in [0.29, 0.717) is 32.7 Å². The SMILES string of the molecule is CCc1cc(O)ccc1C1CCC2C(c3ncc(C4=CCN(C(=O)CCNCCOC)C4)[nH]3)NNC2C1F. The number of hydrazine groups is 1. The third kappa shape index (κ3) is 5.49. The van der Waals surface area contributed by atoms with Crippen LogP contribution in [-0.2, 0) is 16.0 Å². The highest BCUT2D eigenvalue weighted by molar-refractivity contribution is 5.81. The number of hydrogen-bond donors (Lipinski definition) is 5. The number of benzene rings is 1. The summed E-state index contributed by atoms with van der Waals surface area (Å²) in [6.45, 7) is 5.18. The third-order valence-electron chi connectivity index (χ3n) is 8.25. The van der Waals surface area contributed by atoms with E-state index in [1.54, 1.807) is 19.2 Å². The van der Waals surface area contributed by atoms with Gasteiger partial charge in [0.1, 0.15) is 17.7 Å². The zero-order valence-corrected chi connectivity index (χ0v) is 22.2. The van der Waals surface area contributed by atoms with Gasteiger partial charge in [-0.05, 0) is 48.1 Å². The first-order valence-electron chi connectivity index (χ1n) is 13.7. The fourth-order valence-electron chi connectivity index (χ4n) is 6.16. The van der Waals surface area contributed by atoms with Crippen molar-refractivity contribution in [1.82, 2.24) is 31.0 Å². The summed E-state index contributed by atoms with van der Waals surface area (Å²) in [6, 6.07) is 4.87. The van der Waals surface area contributed by atoms with E-state index in [0.717, 1.165) is 54.0 Å². The number of phenolic OH excluding ortho intramolecular Hbond substituents is 1. The number of aromatic amines is 1. The number of ether oxygens (including phenoxy) is 1. The number of amides is 1. The molecule has 5 atom stereocenters. The molecule has 1 amide bonds. The number of halogens is 1. The number of fused-ring (bicyclic) bond motifs is 1. The van der Waals surface area contributed by atoms with E-state index < -0.39 is 6.17 Å². The largest absolute Gasteiger partial charge is 0.508 e. The second kappa shape index (κ2) is 11.9. The number of aromatic hydroxyl groups is 1. The molecule has 1 aromatic heterocycles. The number of methoxy groups -OCH3 is 1. The number of carbonyl (C=O) groups excluding carboxylic acids is 1. The second-order valence-electron chi connectivity index (χ2n) is 10.5. The first-order valence-corrected chi connectivity index (χ1v) is 13.7. The molecular weight excluding hydrogens is 487 g/mol. The molecule has 5 unspecified atom stereocenters. The van der Waals surface area contributed by atoms with Crippen LogP contribution in [0.2, 0.25) is 0 Å². The summed E-state index contributed by atoms with van der Waals surface area (Å²) in [7, 11) is 1.66. The lowest BCUT2D eigenvalue weighted by Crippen LogP contribution is -2.45. The first kappa shape index (κ1) is 26.8. The van der Waals surface area contributed by atoms with Gasteiger partial charge in [-0.15, -0.1) is 0 Å². The minimum atomic E-state index is -1.04. The van der Waals surface area contributed by atoms with Crippen LogP contribution >= 0.6 is 0 Å².